The molecule has 2 aromatic heterocycles. The van der Waals surface area contributed by atoms with Gasteiger partial charge in [0.1, 0.15) is 5.69 Å². The van der Waals surface area contributed by atoms with Gasteiger partial charge in [-0.25, -0.2) is 0 Å². The van der Waals surface area contributed by atoms with Gasteiger partial charge in [0, 0.05) is 22.4 Å². The van der Waals surface area contributed by atoms with Crippen LogP contribution in [0.4, 0.5) is 0 Å². The third kappa shape index (κ3) is 1.50. The lowest BCUT2D eigenvalue weighted by atomic mass is 10.00. The van der Waals surface area contributed by atoms with Crippen LogP contribution in [0.1, 0.15) is 0 Å². The number of benzene rings is 2. The number of rotatable bonds is 1. The molecule has 19 heavy (non-hydrogen) atoms. The number of fused-ring (bicyclic) bond motifs is 3. The van der Waals surface area contributed by atoms with Crippen molar-refractivity contribution in [2.45, 2.75) is 0 Å². The SMILES string of the molecule is c1ccc2c(c1)ccc1nccc(-c3conn3)c12. The molecule has 0 fully saturated rings. The van der Waals surface area contributed by atoms with Gasteiger partial charge in [0.25, 0.3) is 0 Å². The van der Waals surface area contributed by atoms with Crippen molar-refractivity contribution in [1.82, 2.24) is 15.4 Å². The lowest BCUT2D eigenvalue weighted by molar-refractivity contribution is 0.393. The third-order valence-corrected chi connectivity index (χ3v) is 3.27. The molecule has 0 bridgehead atoms. The molecule has 4 heteroatoms. The highest BCUT2D eigenvalue weighted by molar-refractivity contribution is 6.12. The maximum Gasteiger partial charge on any atom is 0.152 e. The van der Waals surface area contributed by atoms with Crippen LogP contribution in [0.5, 0.6) is 0 Å². The van der Waals surface area contributed by atoms with Gasteiger partial charge in [0.15, 0.2) is 6.26 Å². The van der Waals surface area contributed by atoms with Crippen LogP contribution in [0.3, 0.4) is 0 Å². The molecule has 4 rings (SSSR count). The summed E-state index contributed by atoms with van der Waals surface area (Å²) in [6.07, 6.45) is 3.33. The second kappa shape index (κ2) is 3.88. The first-order chi connectivity index (χ1) is 9.43. The Hall–Kier alpha value is -2.75. The highest BCUT2D eigenvalue weighted by atomic mass is 16.5. The van der Waals surface area contributed by atoms with Crippen molar-refractivity contribution < 1.29 is 4.52 Å². The van der Waals surface area contributed by atoms with Crippen LogP contribution in [-0.4, -0.2) is 15.4 Å². The molecule has 0 aliphatic heterocycles. The highest BCUT2D eigenvalue weighted by Crippen LogP contribution is 2.31. The summed E-state index contributed by atoms with van der Waals surface area (Å²) >= 11 is 0. The summed E-state index contributed by atoms with van der Waals surface area (Å²) < 4.78 is 4.85. The zero-order valence-electron chi connectivity index (χ0n) is 9.95. The Morgan fingerprint density at radius 2 is 1.89 bits per heavy atom. The average Bonchev–Trinajstić information content (AvgIpc) is 3.00. The zero-order chi connectivity index (χ0) is 12.7. The number of hydrogen-bond acceptors (Lipinski definition) is 4. The Balaban J connectivity index is 2.22. The van der Waals surface area contributed by atoms with Crippen molar-refractivity contribution in [3.63, 3.8) is 0 Å². The minimum Gasteiger partial charge on any atom is -0.345 e. The Morgan fingerprint density at radius 3 is 2.79 bits per heavy atom. The Morgan fingerprint density at radius 1 is 0.947 bits per heavy atom. The summed E-state index contributed by atoms with van der Waals surface area (Å²) in [4.78, 5) is 4.42. The third-order valence-electron chi connectivity index (χ3n) is 3.27. The molecule has 0 unspecified atom stereocenters. The fourth-order valence-electron chi connectivity index (χ4n) is 2.42. The summed E-state index contributed by atoms with van der Waals surface area (Å²) in [6, 6.07) is 14.3. The Bertz CT molecular complexity index is 869. The van der Waals surface area contributed by atoms with Gasteiger partial charge in [-0.05, 0) is 22.9 Å². The molecular weight excluding hydrogens is 238 g/mol. The predicted molar refractivity (Wildman–Crippen MR) is 72.5 cm³/mol. The molecule has 90 valence electrons. The normalized spacial score (nSPS) is 11.2. The molecule has 0 N–H and O–H groups in total. The van der Waals surface area contributed by atoms with E-state index in [1.165, 1.54) is 5.39 Å². The van der Waals surface area contributed by atoms with Crippen LogP contribution in [-0.2, 0) is 0 Å². The standard InChI is InChI=1S/C15H9N3O/c1-2-4-11-10(3-1)5-6-13-15(11)12(7-8-16-13)14-9-19-18-17-14/h1-9H. The van der Waals surface area contributed by atoms with E-state index >= 15 is 0 Å². The van der Waals surface area contributed by atoms with Gasteiger partial charge < -0.3 is 4.52 Å². The van der Waals surface area contributed by atoms with Crippen molar-refractivity contribution in [2.24, 2.45) is 0 Å². The molecule has 2 aromatic carbocycles. The fraction of sp³-hybridized carbons (Fsp3) is 0. The Labute approximate surface area is 108 Å². The monoisotopic (exact) mass is 247 g/mol. The van der Waals surface area contributed by atoms with Crippen molar-refractivity contribution in [3.05, 3.63) is 54.9 Å². The maximum atomic E-state index is 4.85. The van der Waals surface area contributed by atoms with Crippen molar-refractivity contribution >= 4 is 21.7 Å². The summed E-state index contributed by atoms with van der Waals surface area (Å²) in [5, 5.41) is 11.0. The summed E-state index contributed by atoms with van der Waals surface area (Å²) in [5.74, 6) is 0. The molecule has 0 amide bonds. The van der Waals surface area contributed by atoms with E-state index in [9.17, 15) is 0 Å². The largest absolute Gasteiger partial charge is 0.345 e. The van der Waals surface area contributed by atoms with Crippen LogP contribution in [0.25, 0.3) is 32.9 Å². The number of nitrogens with zero attached hydrogens (tertiary/aromatic N) is 3. The summed E-state index contributed by atoms with van der Waals surface area (Å²) in [6.45, 7) is 0. The second-order valence-electron chi connectivity index (χ2n) is 4.33. The first-order valence-electron chi connectivity index (χ1n) is 5.97. The maximum absolute atomic E-state index is 4.85. The first-order valence-corrected chi connectivity index (χ1v) is 5.97. The van der Waals surface area contributed by atoms with Crippen LogP contribution < -0.4 is 0 Å². The van der Waals surface area contributed by atoms with Gasteiger partial charge in [0.2, 0.25) is 0 Å². The summed E-state index contributed by atoms with van der Waals surface area (Å²) in [7, 11) is 0. The van der Waals surface area contributed by atoms with Crippen molar-refractivity contribution in [3.8, 4) is 11.3 Å². The molecule has 4 aromatic rings. The Kier molecular flexibility index (Phi) is 2.08. The first kappa shape index (κ1) is 10.2. The second-order valence-corrected chi connectivity index (χ2v) is 4.33. The van der Waals surface area contributed by atoms with Crippen LogP contribution in [0, 0.1) is 0 Å². The quantitative estimate of drug-likeness (QED) is 0.483. The smallest absolute Gasteiger partial charge is 0.152 e. The van der Waals surface area contributed by atoms with Crippen LogP contribution >= 0.6 is 0 Å². The fourth-order valence-corrected chi connectivity index (χ4v) is 2.42. The lowest BCUT2D eigenvalue weighted by Crippen LogP contribution is -1.86. The molecule has 4 nitrogen and oxygen atoms in total. The van der Waals surface area contributed by atoms with Crippen LogP contribution in [0.15, 0.2) is 59.4 Å². The minimum atomic E-state index is 0.726. The molecule has 0 saturated carbocycles. The summed E-state index contributed by atoms with van der Waals surface area (Å²) in [5.41, 5.74) is 2.66. The number of aromatic nitrogens is 3. The van der Waals surface area contributed by atoms with E-state index in [0.717, 1.165) is 27.5 Å². The molecular formula is C15H9N3O. The van der Waals surface area contributed by atoms with E-state index < -0.39 is 0 Å². The van der Waals surface area contributed by atoms with Gasteiger partial charge >= 0.3 is 0 Å². The number of pyridine rings is 1. The molecule has 0 spiro atoms. The molecule has 0 atom stereocenters. The molecule has 0 saturated heterocycles. The molecule has 2 heterocycles. The van der Waals surface area contributed by atoms with E-state index in [0.29, 0.717) is 0 Å². The van der Waals surface area contributed by atoms with E-state index in [4.69, 9.17) is 4.52 Å². The molecule has 0 radical (unpaired) electrons. The highest BCUT2D eigenvalue weighted by Gasteiger charge is 2.10. The predicted octanol–water partition coefficient (Wildman–Crippen LogP) is 3.44. The van der Waals surface area contributed by atoms with Gasteiger partial charge in [-0.15, -0.1) is 5.10 Å². The lowest BCUT2D eigenvalue weighted by Gasteiger charge is -2.06. The van der Waals surface area contributed by atoms with Gasteiger partial charge in [-0.3, -0.25) is 4.98 Å². The van der Waals surface area contributed by atoms with Crippen molar-refractivity contribution in [1.29, 1.82) is 0 Å². The molecule has 0 aliphatic rings. The topological polar surface area (TPSA) is 51.8 Å². The zero-order valence-corrected chi connectivity index (χ0v) is 9.95. The van der Waals surface area contributed by atoms with Crippen LogP contribution in [0.2, 0.25) is 0 Å². The van der Waals surface area contributed by atoms with E-state index in [1.54, 1.807) is 12.5 Å². The van der Waals surface area contributed by atoms with Gasteiger partial charge in [0.05, 0.1) is 5.52 Å². The van der Waals surface area contributed by atoms with Gasteiger partial charge in [-0.2, -0.15) is 0 Å². The average molecular weight is 247 g/mol. The van der Waals surface area contributed by atoms with Crippen molar-refractivity contribution in [2.75, 3.05) is 0 Å². The van der Waals surface area contributed by atoms with E-state index in [-0.39, 0.29) is 0 Å². The van der Waals surface area contributed by atoms with Gasteiger partial charge in [-0.1, -0.05) is 30.3 Å². The minimum absolute atomic E-state index is 0.726. The molecule has 0 aliphatic carbocycles. The van der Waals surface area contributed by atoms with E-state index in [1.807, 2.05) is 24.3 Å². The van der Waals surface area contributed by atoms with E-state index in [2.05, 4.69) is 33.6 Å². The number of hydrogen-bond donors (Lipinski definition) is 0.